The van der Waals surface area contributed by atoms with Crippen molar-refractivity contribution in [1.82, 2.24) is 9.55 Å². The number of halogens is 1. The summed E-state index contributed by atoms with van der Waals surface area (Å²) in [6.07, 6.45) is 1.87. The van der Waals surface area contributed by atoms with Crippen LogP contribution < -0.4 is 10.9 Å². The number of aromatic nitrogens is 2. The van der Waals surface area contributed by atoms with Crippen molar-refractivity contribution in [3.8, 4) is 0 Å². The Kier molecular flexibility index (Phi) is 6.34. The van der Waals surface area contributed by atoms with Gasteiger partial charge in [0.15, 0.2) is 5.16 Å². The third-order valence-electron chi connectivity index (χ3n) is 3.71. The number of nitrogens with one attached hydrogen (secondary N) is 1. The van der Waals surface area contributed by atoms with Crippen molar-refractivity contribution in [3.63, 3.8) is 0 Å². The van der Waals surface area contributed by atoms with Crippen molar-refractivity contribution in [3.05, 3.63) is 51.1 Å². The van der Waals surface area contributed by atoms with E-state index in [-0.39, 0.29) is 17.2 Å². The molecular formula is C18H18ClN3O2S2. The maximum absolute atomic E-state index is 12.7. The van der Waals surface area contributed by atoms with Crippen LogP contribution >= 0.6 is 34.7 Å². The van der Waals surface area contributed by atoms with Crippen LogP contribution in [0.3, 0.4) is 0 Å². The van der Waals surface area contributed by atoms with Crippen LogP contribution in [-0.4, -0.2) is 21.2 Å². The van der Waals surface area contributed by atoms with Gasteiger partial charge in [0.2, 0.25) is 5.91 Å². The first kappa shape index (κ1) is 18.9. The highest BCUT2D eigenvalue weighted by Gasteiger charge is 2.14. The molecule has 2 heterocycles. The number of nitrogens with zero attached hydrogens (tertiary/aromatic N) is 2. The summed E-state index contributed by atoms with van der Waals surface area (Å²) in [5, 5.41) is 5.81. The smallest absolute Gasteiger partial charge is 0.272 e. The molecule has 0 radical (unpaired) electrons. The van der Waals surface area contributed by atoms with E-state index in [2.05, 4.69) is 17.2 Å². The molecule has 0 aliphatic rings. The van der Waals surface area contributed by atoms with Crippen LogP contribution in [0, 0.1) is 0 Å². The van der Waals surface area contributed by atoms with Crippen molar-refractivity contribution < 1.29 is 4.79 Å². The summed E-state index contributed by atoms with van der Waals surface area (Å²) >= 11 is 8.60. The molecule has 0 bridgehead atoms. The van der Waals surface area contributed by atoms with Crippen LogP contribution in [0.2, 0.25) is 5.02 Å². The monoisotopic (exact) mass is 407 g/mol. The quantitative estimate of drug-likeness (QED) is 0.457. The fraction of sp³-hybridized carbons (Fsp3) is 0.278. The van der Waals surface area contributed by atoms with Gasteiger partial charge in [-0.1, -0.05) is 42.8 Å². The van der Waals surface area contributed by atoms with Crippen molar-refractivity contribution in [2.75, 3.05) is 11.1 Å². The van der Waals surface area contributed by atoms with E-state index in [4.69, 9.17) is 11.6 Å². The zero-order valence-electron chi connectivity index (χ0n) is 14.2. The summed E-state index contributed by atoms with van der Waals surface area (Å²) < 4.78 is 2.34. The fourth-order valence-corrected chi connectivity index (χ4v) is 4.23. The summed E-state index contributed by atoms with van der Waals surface area (Å²) in [5.41, 5.74) is 1.30. The van der Waals surface area contributed by atoms with E-state index in [0.29, 0.717) is 32.6 Å². The molecular weight excluding hydrogens is 390 g/mol. The molecule has 3 rings (SSSR count). The van der Waals surface area contributed by atoms with Gasteiger partial charge in [0.25, 0.3) is 5.56 Å². The topological polar surface area (TPSA) is 64.0 Å². The molecule has 26 heavy (non-hydrogen) atoms. The maximum atomic E-state index is 12.7. The lowest BCUT2D eigenvalue weighted by atomic mass is 10.3. The predicted molar refractivity (Wildman–Crippen MR) is 110 cm³/mol. The van der Waals surface area contributed by atoms with Crippen molar-refractivity contribution in [2.24, 2.45) is 0 Å². The third kappa shape index (κ3) is 4.47. The number of thiophene rings is 1. The number of carbonyl (C=O) groups is 1. The van der Waals surface area contributed by atoms with E-state index in [9.17, 15) is 9.59 Å². The van der Waals surface area contributed by atoms with Crippen LogP contribution in [-0.2, 0) is 11.3 Å². The lowest BCUT2D eigenvalue weighted by Gasteiger charge is -2.11. The minimum Gasteiger partial charge on any atom is -0.325 e. The van der Waals surface area contributed by atoms with Gasteiger partial charge in [0.05, 0.1) is 11.3 Å². The average Bonchev–Trinajstić information content (AvgIpc) is 3.08. The first-order valence-corrected chi connectivity index (χ1v) is 10.5. The standard InChI is InChI=1S/C18H18ClN3O2S2/c1-2-3-8-22-17(24)16-14(7-9-25-16)21-18(22)26-11-15(23)20-13-6-4-5-12(19)10-13/h4-7,9-10H,2-3,8,11H2,1H3,(H,20,23). The average molecular weight is 408 g/mol. The second kappa shape index (κ2) is 8.70. The van der Waals surface area contributed by atoms with Gasteiger partial charge in [0.1, 0.15) is 4.70 Å². The summed E-state index contributed by atoms with van der Waals surface area (Å²) in [4.78, 5) is 29.5. The molecule has 1 amide bonds. The number of anilines is 1. The number of benzene rings is 1. The van der Waals surface area contributed by atoms with E-state index in [0.717, 1.165) is 12.8 Å². The van der Waals surface area contributed by atoms with E-state index in [1.54, 1.807) is 28.8 Å². The Morgan fingerprint density at radius 1 is 1.38 bits per heavy atom. The number of hydrogen-bond acceptors (Lipinski definition) is 5. The maximum Gasteiger partial charge on any atom is 0.272 e. The number of thioether (sulfide) groups is 1. The van der Waals surface area contributed by atoms with E-state index < -0.39 is 0 Å². The van der Waals surface area contributed by atoms with Gasteiger partial charge in [0, 0.05) is 17.3 Å². The Balaban J connectivity index is 1.76. The number of hydrogen-bond donors (Lipinski definition) is 1. The number of rotatable bonds is 7. The molecule has 136 valence electrons. The molecule has 1 aromatic carbocycles. The van der Waals surface area contributed by atoms with E-state index in [1.165, 1.54) is 23.1 Å². The molecule has 0 saturated heterocycles. The number of amides is 1. The second-order valence-corrected chi connectivity index (χ2v) is 7.98. The van der Waals surface area contributed by atoms with E-state index >= 15 is 0 Å². The molecule has 8 heteroatoms. The van der Waals surface area contributed by atoms with Crippen LogP contribution in [0.25, 0.3) is 10.2 Å². The normalized spacial score (nSPS) is 11.0. The SMILES string of the molecule is CCCCn1c(SCC(=O)Nc2cccc(Cl)c2)nc2ccsc2c1=O. The first-order chi connectivity index (χ1) is 12.6. The van der Waals surface area contributed by atoms with Gasteiger partial charge in [-0.15, -0.1) is 11.3 Å². The van der Waals surface area contributed by atoms with Gasteiger partial charge in [-0.25, -0.2) is 4.98 Å². The number of unbranched alkanes of at least 4 members (excludes halogenated alkanes) is 1. The largest absolute Gasteiger partial charge is 0.325 e. The van der Waals surface area contributed by atoms with Crippen LogP contribution in [0.5, 0.6) is 0 Å². The molecule has 0 aliphatic heterocycles. The van der Waals surface area contributed by atoms with Crippen LogP contribution in [0.4, 0.5) is 5.69 Å². The third-order valence-corrected chi connectivity index (χ3v) is 5.81. The van der Waals surface area contributed by atoms with Gasteiger partial charge in [-0.3, -0.25) is 14.2 Å². The van der Waals surface area contributed by atoms with Crippen molar-refractivity contribution in [2.45, 2.75) is 31.5 Å². The fourth-order valence-electron chi connectivity index (χ4n) is 2.44. The van der Waals surface area contributed by atoms with E-state index in [1.807, 2.05) is 11.4 Å². The molecule has 0 saturated carbocycles. The number of carbonyl (C=O) groups excluding carboxylic acids is 1. The molecule has 2 aromatic heterocycles. The van der Waals surface area contributed by atoms with Crippen molar-refractivity contribution >= 4 is 56.5 Å². The second-order valence-electron chi connectivity index (χ2n) is 5.69. The molecule has 3 aromatic rings. The minimum atomic E-state index is -0.168. The Labute approximate surface area is 164 Å². The Bertz CT molecular complexity index is 984. The summed E-state index contributed by atoms with van der Waals surface area (Å²) in [5.74, 6) is -0.000235. The predicted octanol–water partition coefficient (Wildman–Crippen LogP) is 4.64. The molecule has 0 unspecified atom stereocenters. The Hall–Kier alpha value is -1.83. The minimum absolute atomic E-state index is 0.0313. The van der Waals surface area contributed by atoms with Crippen LogP contribution in [0.15, 0.2) is 45.7 Å². The Morgan fingerprint density at radius 3 is 3.00 bits per heavy atom. The summed E-state index contributed by atoms with van der Waals surface area (Å²) in [7, 11) is 0. The lowest BCUT2D eigenvalue weighted by molar-refractivity contribution is -0.113. The molecule has 5 nitrogen and oxygen atoms in total. The molecule has 0 spiro atoms. The highest BCUT2D eigenvalue weighted by Crippen LogP contribution is 2.22. The molecule has 0 atom stereocenters. The summed E-state index contributed by atoms with van der Waals surface area (Å²) in [6.45, 7) is 2.68. The lowest BCUT2D eigenvalue weighted by Crippen LogP contribution is -2.23. The molecule has 1 N–H and O–H groups in total. The van der Waals surface area contributed by atoms with Gasteiger partial charge in [-0.2, -0.15) is 0 Å². The van der Waals surface area contributed by atoms with Gasteiger partial charge >= 0.3 is 0 Å². The molecule has 0 fully saturated rings. The van der Waals surface area contributed by atoms with Gasteiger partial charge < -0.3 is 5.32 Å². The van der Waals surface area contributed by atoms with Crippen LogP contribution in [0.1, 0.15) is 19.8 Å². The number of fused-ring (bicyclic) bond motifs is 1. The first-order valence-electron chi connectivity index (χ1n) is 8.24. The highest BCUT2D eigenvalue weighted by atomic mass is 35.5. The Morgan fingerprint density at radius 2 is 2.23 bits per heavy atom. The molecule has 0 aliphatic carbocycles. The highest BCUT2D eigenvalue weighted by molar-refractivity contribution is 7.99. The zero-order valence-corrected chi connectivity index (χ0v) is 16.6. The summed E-state index contributed by atoms with van der Waals surface area (Å²) in [6, 6.07) is 8.83. The van der Waals surface area contributed by atoms with Gasteiger partial charge in [-0.05, 0) is 36.1 Å². The zero-order chi connectivity index (χ0) is 18.5. The van der Waals surface area contributed by atoms with Crippen molar-refractivity contribution in [1.29, 1.82) is 0 Å².